The van der Waals surface area contributed by atoms with Crippen LogP contribution in [-0.4, -0.2) is 57.2 Å². The van der Waals surface area contributed by atoms with Crippen LogP contribution in [0.4, 0.5) is 11.8 Å². The third kappa shape index (κ3) is 4.44. The smallest absolute Gasteiger partial charge is 0.303 e. The van der Waals surface area contributed by atoms with E-state index in [2.05, 4.69) is 24.8 Å². The molecule has 3 aromatic rings. The topological polar surface area (TPSA) is 108 Å². The minimum Gasteiger partial charge on any atom is -0.481 e. The molecule has 1 aliphatic heterocycles. The number of pyridine rings is 1. The van der Waals surface area contributed by atoms with Gasteiger partial charge in [-0.25, -0.2) is 9.97 Å². The number of aliphatic carboxylic acids is 1. The highest BCUT2D eigenvalue weighted by Crippen LogP contribution is 2.24. The van der Waals surface area contributed by atoms with Gasteiger partial charge in [0.2, 0.25) is 0 Å². The van der Waals surface area contributed by atoms with Crippen LogP contribution in [0.5, 0.6) is 0 Å². The molecule has 1 N–H and O–H groups in total. The van der Waals surface area contributed by atoms with Crippen LogP contribution in [0, 0.1) is 0 Å². The maximum absolute atomic E-state index is 10.7. The number of carboxylic acids is 1. The predicted octanol–water partition coefficient (Wildman–Crippen LogP) is 2.70. The maximum Gasteiger partial charge on any atom is 0.303 e. The molecule has 4 rings (SSSR count). The normalized spacial score (nSPS) is 15.6. The predicted molar refractivity (Wildman–Crippen MR) is 108 cm³/mol. The van der Waals surface area contributed by atoms with Gasteiger partial charge in [-0.2, -0.15) is 4.98 Å². The van der Waals surface area contributed by atoms with Crippen molar-refractivity contribution in [2.24, 2.45) is 0 Å². The van der Waals surface area contributed by atoms with Gasteiger partial charge in [-0.1, -0.05) is 6.92 Å². The van der Waals surface area contributed by atoms with Gasteiger partial charge in [-0.15, -0.1) is 0 Å². The van der Waals surface area contributed by atoms with Crippen LogP contribution in [0.25, 0.3) is 11.1 Å². The summed E-state index contributed by atoms with van der Waals surface area (Å²) in [6.07, 6.45) is 6.74. The Morgan fingerprint density at radius 2 is 1.97 bits per heavy atom. The monoisotopic (exact) mass is 396 g/mol. The Balaban J connectivity index is 1.37. The highest BCUT2D eigenvalue weighted by atomic mass is 16.4. The van der Waals surface area contributed by atoms with Gasteiger partial charge in [0.15, 0.2) is 5.58 Å². The molecule has 0 radical (unpaired) electrons. The van der Waals surface area contributed by atoms with Crippen LogP contribution in [0.3, 0.4) is 0 Å². The summed E-state index contributed by atoms with van der Waals surface area (Å²) in [5.74, 6) is 1.03. The molecule has 0 aliphatic carbocycles. The molecule has 1 atom stereocenters. The molecule has 1 saturated heterocycles. The average Bonchev–Trinajstić information content (AvgIpc) is 3.18. The van der Waals surface area contributed by atoms with Crippen molar-refractivity contribution in [1.82, 2.24) is 19.9 Å². The SMILES string of the molecule is C[C@H](CCCC(=O)O)c1nccc(N2CCN(c3nc4ccncc4o3)CC2)n1. The van der Waals surface area contributed by atoms with E-state index in [0.29, 0.717) is 18.0 Å². The van der Waals surface area contributed by atoms with E-state index in [9.17, 15) is 4.79 Å². The van der Waals surface area contributed by atoms with Crippen molar-refractivity contribution >= 4 is 28.9 Å². The summed E-state index contributed by atoms with van der Waals surface area (Å²) in [6.45, 7) is 5.23. The minimum atomic E-state index is -0.764. The summed E-state index contributed by atoms with van der Waals surface area (Å²) >= 11 is 0. The quantitative estimate of drug-likeness (QED) is 0.644. The lowest BCUT2D eigenvalue weighted by Crippen LogP contribution is -2.47. The van der Waals surface area contributed by atoms with Crippen molar-refractivity contribution in [2.45, 2.75) is 32.1 Å². The summed E-state index contributed by atoms with van der Waals surface area (Å²) < 4.78 is 5.82. The zero-order valence-electron chi connectivity index (χ0n) is 16.4. The molecule has 0 saturated carbocycles. The second-order valence-electron chi connectivity index (χ2n) is 7.27. The van der Waals surface area contributed by atoms with Crippen molar-refractivity contribution < 1.29 is 14.3 Å². The Morgan fingerprint density at radius 3 is 2.72 bits per heavy atom. The lowest BCUT2D eigenvalue weighted by atomic mass is 10.0. The summed E-state index contributed by atoms with van der Waals surface area (Å²) in [7, 11) is 0. The standard InChI is InChI=1S/C20H24N6O3/c1-14(3-2-4-18(27)28)19-22-8-6-17(24-19)25-9-11-26(12-10-25)20-23-15-5-7-21-13-16(15)29-20/h5-8,13-14H,2-4,9-12H2,1H3,(H,27,28)/t14-/m1/s1. The van der Waals surface area contributed by atoms with E-state index in [1.54, 1.807) is 18.6 Å². The first-order chi connectivity index (χ1) is 14.1. The van der Waals surface area contributed by atoms with Crippen molar-refractivity contribution in [3.05, 3.63) is 36.5 Å². The molecule has 0 amide bonds. The van der Waals surface area contributed by atoms with Crippen molar-refractivity contribution in [1.29, 1.82) is 0 Å². The third-order valence-electron chi connectivity index (χ3n) is 5.18. The number of oxazole rings is 1. The van der Waals surface area contributed by atoms with E-state index in [1.807, 2.05) is 19.1 Å². The van der Waals surface area contributed by atoms with Crippen molar-refractivity contribution in [2.75, 3.05) is 36.0 Å². The van der Waals surface area contributed by atoms with Crippen LogP contribution in [0.2, 0.25) is 0 Å². The number of hydrogen-bond acceptors (Lipinski definition) is 8. The molecule has 0 aromatic carbocycles. The number of piperazine rings is 1. The summed E-state index contributed by atoms with van der Waals surface area (Å²) in [5.41, 5.74) is 1.51. The number of anilines is 2. The number of hydrogen-bond donors (Lipinski definition) is 1. The fraction of sp³-hybridized carbons (Fsp3) is 0.450. The van der Waals surface area contributed by atoms with Gasteiger partial charge in [0.05, 0.1) is 6.20 Å². The Bertz CT molecular complexity index is 950. The third-order valence-corrected chi connectivity index (χ3v) is 5.18. The van der Waals surface area contributed by atoms with Gasteiger partial charge in [-0.05, 0) is 25.0 Å². The first-order valence-electron chi connectivity index (χ1n) is 9.85. The Kier molecular flexibility index (Phi) is 5.55. The van der Waals surface area contributed by atoms with Crippen LogP contribution in [0.1, 0.15) is 37.9 Å². The van der Waals surface area contributed by atoms with E-state index >= 15 is 0 Å². The molecule has 0 bridgehead atoms. The number of fused-ring (bicyclic) bond motifs is 1. The molecule has 3 aromatic heterocycles. The van der Waals surface area contributed by atoms with E-state index in [4.69, 9.17) is 14.5 Å². The van der Waals surface area contributed by atoms with Crippen LogP contribution in [0.15, 0.2) is 35.1 Å². The Labute approximate surface area is 168 Å². The number of carboxylic acid groups (broad SMARTS) is 1. The van der Waals surface area contributed by atoms with Gasteiger partial charge < -0.3 is 19.3 Å². The maximum atomic E-state index is 10.7. The summed E-state index contributed by atoms with van der Waals surface area (Å²) in [4.78, 5) is 32.8. The number of nitrogens with zero attached hydrogens (tertiary/aromatic N) is 6. The molecule has 29 heavy (non-hydrogen) atoms. The highest BCUT2D eigenvalue weighted by molar-refractivity contribution is 5.73. The number of rotatable bonds is 7. The fourth-order valence-corrected chi connectivity index (χ4v) is 3.50. The molecule has 4 heterocycles. The molecule has 9 heteroatoms. The average molecular weight is 396 g/mol. The lowest BCUT2D eigenvalue weighted by molar-refractivity contribution is -0.137. The molecule has 152 valence electrons. The molecular weight excluding hydrogens is 372 g/mol. The first-order valence-corrected chi connectivity index (χ1v) is 9.85. The Morgan fingerprint density at radius 1 is 1.17 bits per heavy atom. The van der Waals surface area contributed by atoms with E-state index < -0.39 is 5.97 Å². The van der Waals surface area contributed by atoms with E-state index in [1.165, 1.54) is 0 Å². The molecule has 9 nitrogen and oxygen atoms in total. The fourth-order valence-electron chi connectivity index (χ4n) is 3.50. The molecule has 0 unspecified atom stereocenters. The van der Waals surface area contributed by atoms with Gasteiger partial charge >= 0.3 is 5.97 Å². The molecule has 1 fully saturated rings. The summed E-state index contributed by atoms with van der Waals surface area (Å²) in [5, 5.41) is 8.80. The van der Waals surface area contributed by atoms with Crippen molar-refractivity contribution in [3.63, 3.8) is 0 Å². The van der Waals surface area contributed by atoms with Gasteiger partial charge in [-0.3, -0.25) is 9.78 Å². The van der Waals surface area contributed by atoms with Gasteiger partial charge in [0.1, 0.15) is 17.2 Å². The second kappa shape index (κ2) is 8.42. The van der Waals surface area contributed by atoms with Crippen LogP contribution < -0.4 is 9.80 Å². The highest BCUT2D eigenvalue weighted by Gasteiger charge is 2.22. The summed E-state index contributed by atoms with van der Waals surface area (Å²) in [6, 6.07) is 4.40. The van der Waals surface area contributed by atoms with Crippen LogP contribution in [-0.2, 0) is 4.79 Å². The molecule has 0 spiro atoms. The second-order valence-corrected chi connectivity index (χ2v) is 7.27. The van der Waals surface area contributed by atoms with Crippen LogP contribution >= 0.6 is 0 Å². The van der Waals surface area contributed by atoms with E-state index in [-0.39, 0.29) is 12.3 Å². The number of carbonyl (C=O) groups is 1. The zero-order valence-corrected chi connectivity index (χ0v) is 16.4. The molecule has 1 aliphatic rings. The van der Waals surface area contributed by atoms with Crippen molar-refractivity contribution in [3.8, 4) is 0 Å². The van der Waals surface area contributed by atoms with Gasteiger partial charge in [0.25, 0.3) is 6.01 Å². The number of aromatic nitrogens is 4. The molecular formula is C20H24N6O3. The minimum absolute atomic E-state index is 0.129. The first kappa shape index (κ1) is 19.1. The van der Waals surface area contributed by atoms with E-state index in [0.717, 1.165) is 49.8 Å². The largest absolute Gasteiger partial charge is 0.481 e. The zero-order chi connectivity index (χ0) is 20.2. The lowest BCUT2D eigenvalue weighted by Gasteiger charge is -2.34. The van der Waals surface area contributed by atoms with Gasteiger partial charge in [0, 0.05) is 50.9 Å². The Hall–Kier alpha value is -3.23.